The molecule has 2 heterocycles. The highest BCUT2D eigenvalue weighted by Crippen LogP contribution is 2.29. The minimum Gasteiger partial charge on any atom is -0.467 e. The normalized spacial score (nSPS) is 17.8. The summed E-state index contributed by atoms with van der Waals surface area (Å²) in [6.07, 6.45) is 8.77. The molecule has 1 saturated carbocycles. The summed E-state index contributed by atoms with van der Waals surface area (Å²) in [5.41, 5.74) is 0. The highest BCUT2D eigenvalue weighted by atomic mass is 16.4. The third kappa shape index (κ3) is 4.63. The van der Waals surface area contributed by atoms with Gasteiger partial charge in [0.1, 0.15) is 17.7 Å². The quantitative estimate of drug-likeness (QED) is 0.745. The summed E-state index contributed by atoms with van der Waals surface area (Å²) < 4.78 is 7.10. The highest BCUT2D eigenvalue weighted by Gasteiger charge is 2.20. The van der Waals surface area contributed by atoms with Crippen LogP contribution < -0.4 is 10.6 Å². The molecule has 0 radical (unpaired) electrons. The number of carbonyl (C=O) groups excluding carboxylic acids is 1. The fourth-order valence-electron chi connectivity index (χ4n) is 3.40. The van der Waals surface area contributed by atoms with E-state index >= 15 is 0 Å². The fourth-order valence-corrected chi connectivity index (χ4v) is 3.40. The van der Waals surface area contributed by atoms with E-state index in [0.29, 0.717) is 24.0 Å². The molecule has 0 spiro atoms. The third-order valence-corrected chi connectivity index (χ3v) is 4.66. The molecule has 1 aliphatic carbocycles. The number of anilines is 1. The number of amides is 2. The van der Waals surface area contributed by atoms with E-state index in [1.165, 1.54) is 25.5 Å². The van der Waals surface area contributed by atoms with E-state index in [9.17, 15) is 9.90 Å². The zero-order valence-electron chi connectivity index (χ0n) is 14.5. The standard InChI is InChI=1S/C18H26N4O3/c1-13(12-15(23)16-8-5-11-25-16)20-18(24)21-17-9-10-19-22(17)14-6-3-2-4-7-14/h5,8-11,13-15,23H,2-4,6-7,12H2,1H3,(H2,20,21,24)/t13-,15+/m1/s1. The van der Waals surface area contributed by atoms with Crippen LogP contribution in [0.5, 0.6) is 0 Å². The van der Waals surface area contributed by atoms with Crippen molar-refractivity contribution in [2.75, 3.05) is 5.32 Å². The monoisotopic (exact) mass is 346 g/mol. The van der Waals surface area contributed by atoms with Crippen LogP contribution in [0.2, 0.25) is 0 Å². The average Bonchev–Trinajstić information content (AvgIpc) is 3.27. The Balaban J connectivity index is 1.51. The Morgan fingerprint density at radius 2 is 2.20 bits per heavy atom. The summed E-state index contributed by atoms with van der Waals surface area (Å²) in [6, 6.07) is 5.13. The van der Waals surface area contributed by atoms with Crippen molar-refractivity contribution in [3.8, 4) is 0 Å². The molecule has 3 N–H and O–H groups in total. The predicted molar refractivity (Wildman–Crippen MR) is 94.3 cm³/mol. The van der Waals surface area contributed by atoms with Gasteiger partial charge in [-0.15, -0.1) is 0 Å². The zero-order valence-corrected chi connectivity index (χ0v) is 14.5. The molecule has 1 fully saturated rings. The summed E-state index contributed by atoms with van der Waals surface area (Å²) in [7, 11) is 0. The van der Waals surface area contributed by atoms with E-state index in [-0.39, 0.29) is 12.1 Å². The van der Waals surface area contributed by atoms with Crippen molar-refractivity contribution in [2.45, 2.75) is 63.6 Å². The fraction of sp³-hybridized carbons (Fsp3) is 0.556. The van der Waals surface area contributed by atoms with Gasteiger partial charge < -0.3 is 14.8 Å². The molecule has 0 aromatic carbocycles. The second-order valence-corrected chi connectivity index (χ2v) is 6.72. The molecule has 0 bridgehead atoms. The topological polar surface area (TPSA) is 92.3 Å². The maximum atomic E-state index is 12.3. The van der Waals surface area contributed by atoms with Gasteiger partial charge in [0.05, 0.1) is 18.5 Å². The Morgan fingerprint density at radius 1 is 1.40 bits per heavy atom. The largest absolute Gasteiger partial charge is 0.467 e. The van der Waals surface area contributed by atoms with Crippen LogP contribution in [-0.2, 0) is 0 Å². The van der Waals surface area contributed by atoms with Crippen molar-refractivity contribution in [2.24, 2.45) is 0 Å². The number of aromatic nitrogens is 2. The lowest BCUT2D eigenvalue weighted by Gasteiger charge is -2.24. The molecule has 0 saturated heterocycles. The molecule has 2 aromatic rings. The van der Waals surface area contributed by atoms with Gasteiger partial charge in [-0.2, -0.15) is 5.10 Å². The number of carbonyl (C=O) groups is 1. The first-order valence-electron chi connectivity index (χ1n) is 8.96. The first-order chi connectivity index (χ1) is 12.1. The number of hydrogen-bond donors (Lipinski definition) is 3. The van der Waals surface area contributed by atoms with Crippen LogP contribution in [0, 0.1) is 0 Å². The maximum Gasteiger partial charge on any atom is 0.320 e. The van der Waals surface area contributed by atoms with Crippen LogP contribution in [0.25, 0.3) is 0 Å². The maximum absolute atomic E-state index is 12.3. The van der Waals surface area contributed by atoms with Crippen molar-refractivity contribution in [3.63, 3.8) is 0 Å². The van der Waals surface area contributed by atoms with Crippen molar-refractivity contribution < 1.29 is 14.3 Å². The zero-order chi connectivity index (χ0) is 17.6. The Hall–Kier alpha value is -2.28. The van der Waals surface area contributed by atoms with E-state index < -0.39 is 6.10 Å². The van der Waals surface area contributed by atoms with E-state index in [4.69, 9.17) is 4.42 Å². The van der Waals surface area contributed by atoms with Crippen LogP contribution in [-0.4, -0.2) is 27.0 Å². The lowest BCUT2D eigenvalue weighted by Crippen LogP contribution is -2.37. The Morgan fingerprint density at radius 3 is 2.92 bits per heavy atom. The van der Waals surface area contributed by atoms with Crippen LogP contribution in [0.3, 0.4) is 0 Å². The summed E-state index contributed by atoms with van der Waals surface area (Å²) in [6.45, 7) is 1.85. The molecule has 2 amide bonds. The number of aliphatic hydroxyl groups is 1. The van der Waals surface area contributed by atoms with Crippen molar-refractivity contribution in [1.82, 2.24) is 15.1 Å². The molecule has 1 aliphatic rings. The van der Waals surface area contributed by atoms with Crippen LogP contribution in [0.15, 0.2) is 35.1 Å². The van der Waals surface area contributed by atoms with Crippen LogP contribution >= 0.6 is 0 Å². The van der Waals surface area contributed by atoms with E-state index in [2.05, 4.69) is 15.7 Å². The number of rotatable bonds is 6. The lowest BCUT2D eigenvalue weighted by molar-refractivity contribution is 0.130. The Labute approximate surface area is 147 Å². The number of nitrogens with one attached hydrogen (secondary N) is 2. The molecule has 25 heavy (non-hydrogen) atoms. The smallest absolute Gasteiger partial charge is 0.320 e. The second-order valence-electron chi connectivity index (χ2n) is 6.72. The molecular formula is C18H26N4O3. The molecular weight excluding hydrogens is 320 g/mol. The average molecular weight is 346 g/mol. The number of hydrogen-bond acceptors (Lipinski definition) is 4. The Bertz CT molecular complexity index is 662. The summed E-state index contributed by atoms with van der Waals surface area (Å²) in [4.78, 5) is 12.3. The molecule has 0 aliphatic heterocycles. The van der Waals surface area contributed by atoms with Gasteiger partial charge in [-0.3, -0.25) is 5.32 Å². The third-order valence-electron chi connectivity index (χ3n) is 4.66. The van der Waals surface area contributed by atoms with Crippen LogP contribution in [0.1, 0.15) is 63.4 Å². The molecule has 3 rings (SSSR count). The summed E-state index contributed by atoms with van der Waals surface area (Å²) >= 11 is 0. The van der Waals surface area contributed by atoms with Gasteiger partial charge in [0.25, 0.3) is 0 Å². The molecule has 2 aromatic heterocycles. The van der Waals surface area contributed by atoms with Gasteiger partial charge in [0, 0.05) is 18.5 Å². The van der Waals surface area contributed by atoms with Crippen LogP contribution in [0.4, 0.5) is 10.6 Å². The second kappa shape index (κ2) is 8.20. The van der Waals surface area contributed by atoms with Gasteiger partial charge in [-0.25, -0.2) is 9.48 Å². The number of urea groups is 1. The van der Waals surface area contributed by atoms with Gasteiger partial charge in [-0.05, 0) is 31.9 Å². The first kappa shape index (κ1) is 17.5. The number of nitrogens with zero attached hydrogens (tertiary/aromatic N) is 2. The lowest BCUT2D eigenvalue weighted by atomic mass is 9.96. The van der Waals surface area contributed by atoms with Gasteiger partial charge in [0.2, 0.25) is 0 Å². The number of aliphatic hydroxyl groups excluding tert-OH is 1. The van der Waals surface area contributed by atoms with Gasteiger partial charge in [-0.1, -0.05) is 19.3 Å². The van der Waals surface area contributed by atoms with Gasteiger partial charge in [0.15, 0.2) is 0 Å². The van der Waals surface area contributed by atoms with Gasteiger partial charge >= 0.3 is 6.03 Å². The summed E-state index contributed by atoms with van der Waals surface area (Å²) in [5, 5.41) is 20.2. The van der Waals surface area contributed by atoms with E-state index in [1.54, 1.807) is 18.3 Å². The molecule has 7 heteroatoms. The molecule has 2 atom stereocenters. The minimum atomic E-state index is -0.738. The molecule has 0 unspecified atom stereocenters. The SMILES string of the molecule is C[C@H](C[C@H](O)c1ccco1)NC(=O)Nc1ccnn1C1CCCCC1. The molecule has 7 nitrogen and oxygen atoms in total. The minimum absolute atomic E-state index is 0.203. The number of furan rings is 1. The predicted octanol–water partition coefficient (Wildman–Crippen LogP) is 3.62. The Kier molecular flexibility index (Phi) is 5.75. The van der Waals surface area contributed by atoms with Crippen molar-refractivity contribution in [1.29, 1.82) is 0 Å². The first-order valence-corrected chi connectivity index (χ1v) is 8.96. The summed E-state index contributed by atoms with van der Waals surface area (Å²) in [5.74, 6) is 1.22. The highest BCUT2D eigenvalue weighted by molar-refractivity contribution is 5.88. The van der Waals surface area contributed by atoms with E-state index in [1.807, 2.05) is 17.7 Å². The van der Waals surface area contributed by atoms with Crippen molar-refractivity contribution in [3.05, 3.63) is 36.4 Å². The molecule has 136 valence electrons. The van der Waals surface area contributed by atoms with Crippen molar-refractivity contribution >= 4 is 11.8 Å². The van der Waals surface area contributed by atoms with E-state index in [0.717, 1.165) is 12.8 Å².